The lowest BCUT2D eigenvalue weighted by Crippen LogP contribution is -2.38. The molecule has 1 aliphatic rings. The molecule has 2 heterocycles. The van der Waals surface area contributed by atoms with Crippen LogP contribution in [0, 0.1) is 11.7 Å². The second kappa shape index (κ2) is 9.81. The van der Waals surface area contributed by atoms with E-state index in [-0.39, 0.29) is 23.5 Å². The van der Waals surface area contributed by atoms with Crippen molar-refractivity contribution in [2.24, 2.45) is 13.0 Å². The fraction of sp³-hybridized carbons (Fsp3) is 0.269. The van der Waals surface area contributed by atoms with Crippen molar-refractivity contribution in [3.8, 4) is 11.1 Å². The molecular weight excluding hydrogens is 419 g/mol. The van der Waals surface area contributed by atoms with Crippen molar-refractivity contribution < 1.29 is 14.0 Å². The molecule has 1 aromatic heterocycles. The second-order valence-corrected chi connectivity index (χ2v) is 8.28. The number of benzene rings is 2. The molecule has 6 nitrogen and oxygen atoms in total. The lowest BCUT2D eigenvalue weighted by molar-refractivity contribution is -0.134. The van der Waals surface area contributed by atoms with Crippen LogP contribution in [0.15, 0.2) is 73.4 Å². The van der Waals surface area contributed by atoms with Gasteiger partial charge in [0.2, 0.25) is 5.91 Å². The molecule has 0 spiro atoms. The molecule has 1 saturated heterocycles. The third kappa shape index (κ3) is 5.03. The minimum absolute atomic E-state index is 0.00408. The number of halogens is 1. The van der Waals surface area contributed by atoms with Crippen LogP contribution in [0.3, 0.4) is 0 Å². The third-order valence-electron chi connectivity index (χ3n) is 5.93. The molecule has 1 fully saturated rings. The molecule has 3 aromatic rings. The molecule has 2 aromatic carbocycles. The number of aromatic nitrogens is 2. The average molecular weight is 447 g/mol. The molecular formula is C26H27FN4O2. The summed E-state index contributed by atoms with van der Waals surface area (Å²) in [6.45, 7) is 5.41. The first-order valence-corrected chi connectivity index (χ1v) is 11.0. The van der Waals surface area contributed by atoms with E-state index in [4.69, 9.17) is 0 Å². The van der Waals surface area contributed by atoms with Gasteiger partial charge in [-0.3, -0.25) is 14.3 Å². The Morgan fingerprint density at radius 2 is 1.91 bits per heavy atom. The summed E-state index contributed by atoms with van der Waals surface area (Å²) in [7, 11) is 1.77. The number of carbonyl (C=O) groups excluding carboxylic acids is 2. The van der Waals surface area contributed by atoms with E-state index in [9.17, 15) is 14.0 Å². The molecule has 7 heteroatoms. The van der Waals surface area contributed by atoms with Gasteiger partial charge in [-0.2, -0.15) is 5.10 Å². The van der Waals surface area contributed by atoms with Crippen LogP contribution in [0.25, 0.3) is 11.1 Å². The van der Waals surface area contributed by atoms with Crippen molar-refractivity contribution >= 4 is 11.8 Å². The Labute approximate surface area is 192 Å². The Balaban J connectivity index is 1.55. The van der Waals surface area contributed by atoms with Crippen LogP contribution in [0.5, 0.6) is 0 Å². The van der Waals surface area contributed by atoms with Crippen molar-refractivity contribution in [3.05, 3.63) is 90.5 Å². The molecule has 1 aliphatic heterocycles. The SMILES string of the molecule is C=CCN1CCN(C(=O)c2ccn(C)n2)C[C@@H](Cc2ccc(-c3ccccc3F)cc2)C1=O. The average Bonchev–Trinajstić information content (AvgIpc) is 3.20. The molecule has 0 unspecified atom stereocenters. The maximum absolute atomic E-state index is 14.1. The topological polar surface area (TPSA) is 58.4 Å². The van der Waals surface area contributed by atoms with Gasteiger partial charge in [0, 0.05) is 45.0 Å². The summed E-state index contributed by atoms with van der Waals surface area (Å²) in [6.07, 6.45) is 3.92. The lowest BCUT2D eigenvalue weighted by Gasteiger charge is -2.23. The van der Waals surface area contributed by atoms with Crippen LogP contribution < -0.4 is 0 Å². The summed E-state index contributed by atoms with van der Waals surface area (Å²) in [6, 6.07) is 15.9. The number of hydrogen-bond acceptors (Lipinski definition) is 3. The van der Waals surface area contributed by atoms with Gasteiger partial charge in [0.15, 0.2) is 0 Å². The van der Waals surface area contributed by atoms with Gasteiger partial charge in [-0.25, -0.2) is 4.39 Å². The molecule has 2 amide bonds. The minimum atomic E-state index is -0.389. The van der Waals surface area contributed by atoms with E-state index in [2.05, 4.69) is 11.7 Å². The quantitative estimate of drug-likeness (QED) is 0.544. The third-order valence-corrected chi connectivity index (χ3v) is 5.93. The molecule has 170 valence electrons. The Morgan fingerprint density at radius 1 is 1.15 bits per heavy atom. The van der Waals surface area contributed by atoms with E-state index in [1.165, 1.54) is 6.07 Å². The Morgan fingerprint density at radius 3 is 2.58 bits per heavy atom. The molecule has 1 atom stereocenters. The predicted octanol–water partition coefficient (Wildman–Crippen LogP) is 3.56. The zero-order valence-corrected chi connectivity index (χ0v) is 18.7. The van der Waals surface area contributed by atoms with Gasteiger partial charge in [0.1, 0.15) is 11.5 Å². The zero-order chi connectivity index (χ0) is 23.4. The summed E-state index contributed by atoms with van der Waals surface area (Å²) in [5.41, 5.74) is 2.65. The minimum Gasteiger partial charge on any atom is -0.337 e. The predicted molar refractivity (Wildman–Crippen MR) is 125 cm³/mol. The smallest absolute Gasteiger partial charge is 0.274 e. The summed E-state index contributed by atoms with van der Waals surface area (Å²) in [4.78, 5) is 29.7. The molecule has 0 radical (unpaired) electrons. The highest BCUT2D eigenvalue weighted by Crippen LogP contribution is 2.24. The van der Waals surface area contributed by atoms with Gasteiger partial charge in [-0.05, 0) is 29.7 Å². The maximum atomic E-state index is 14.1. The number of hydrogen-bond donors (Lipinski definition) is 0. The Kier molecular flexibility index (Phi) is 6.68. The van der Waals surface area contributed by atoms with E-state index < -0.39 is 0 Å². The molecule has 0 saturated carbocycles. The highest BCUT2D eigenvalue weighted by atomic mass is 19.1. The van der Waals surface area contributed by atoms with Crippen molar-refractivity contribution in [1.29, 1.82) is 0 Å². The fourth-order valence-electron chi connectivity index (χ4n) is 4.21. The number of aryl methyl sites for hydroxylation is 1. The Bertz CT molecular complexity index is 1160. The number of carbonyl (C=O) groups is 2. The number of rotatable bonds is 6. The molecule has 0 aliphatic carbocycles. The Hall–Kier alpha value is -3.74. The van der Waals surface area contributed by atoms with E-state index in [0.29, 0.717) is 43.9 Å². The summed E-state index contributed by atoms with van der Waals surface area (Å²) < 4.78 is 15.7. The van der Waals surface area contributed by atoms with Gasteiger partial charge in [0.25, 0.3) is 5.91 Å². The summed E-state index contributed by atoms with van der Waals surface area (Å²) >= 11 is 0. The number of amides is 2. The van der Waals surface area contributed by atoms with Gasteiger partial charge < -0.3 is 9.80 Å². The largest absolute Gasteiger partial charge is 0.337 e. The van der Waals surface area contributed by atoms with Crippen molar-refractivity contribution in [1.82, 2.24) is 19.6 Å². The van der Waals surface area contributed by atoms with Crippen LogP contribution in [-0.4, -0.2) is 57.6 Å². The van der Waals surface area contributed by atoms with Gasteiger partial charge in [0.05, 0.1) is 5.92 Å². The van der Waals surface area contributed by atoms with Gasteiger partial charge in [-0.15, -0.1) is 6.58 Å². The van der Waals surface area contributed by atoms with Crippen LogP contribution in [-0.2, 0) is 18.3 Å². The maximum Gasteiger partial charge on any atom is 0.274 e. The standard InChI is InChI=1S/C26H27FN4O2/c1-3-13-30-15-16-31(26(33)24-12-14-29(2)28-24)18-21(25(30)32)17-19-8-10-20(11-9-19)22-6-4-5-7-23(22)27/h3-12,14,21H,1,13,15-18H2,2H3/t21-/m1/s1. The van der Waals surface area contributed by atoms with E-state index in [1.807, 2.05) is 24.3 Å². The fourth-order valence-corrected chi connectivity index (χ4v) is 4.21. The van der Waals surface area contributed by atoms with Crippen LogP contribution >= 0.6 is 0 Å². The van der Waals surface area contributed by atoms with E-state index in [0.717, 1.165) is 11.1 Å². The first kappa shape index (κ1) is 22.5. The first-order chi connectivity index (χ1) is 16.0. The number of nitrogens with zero attached hydrogens (tertiary/aromatic N) is 4. The highest BCUT2D eigenvalue weighted by molar-refractivity contribution is 5.93. The molecule has 0 N–H and O–H groups in total. The zero-order valence-electron chi connectivity index (χ0n) is 18.7. The lowest BCUT2D eigenvalue weighted by atomic mass is 9.95. The van der Waals surface area contributed by atoms with Crippen molar-refractivity contribution in [3.63, 3.8) is 0 Å². The first-order valence-electron chi connectivity index (χ1n) is 11.0. The van der Waals surface area contributed by atoms with Crippen molar-refractivity contribution in [2.75, 3.05) is 26.2 Å². The molecule has 0 bridgehead atoms. The van der Waals surface area contributed by atoms with Gasteiger partial charge in [-0.1, -0.05) is 48.5 Å². The van der Waals surface area contributed by atoms with Crippen LogP contribution in [0.1, 0.15) is 16.1 Å². The monoisotopic (exact) mass is 446 g/mol. The highest BCUT2D eigenvalue weighted by Gasteiger charge is 2.32. The van der Waals surface area contributed by atoms with Crippen molar-refractivity contribution in [2.45, 2.75) is 6.42 Å². The second-order valence-electron chi connectivity index (χ2n) is 8.28. The van der Waals surface area contributed by atoms with Crippen LogP contribution in [0.2, 0.25) is 0 Å². The summed E-state index contributed by atoms with van der Waals surface area (Å²) in [5.74, 6) is -0.833. The van der Waals surface area contributed by atoms with Crippen LogP contribution in [0.4, 0.5) is 4.39 Å². The molecule has 4 rings (SSSR count). The van der Waals surface area contributed by atoms with E-state index >= 15 is 0 Å². The molecule has 33 heavy (non-hydrogen) atoms. The normalized spacial score (nSPS) is 16.5. The summed E-state index contributed by atoms with van der Waals surface area (Å²) in [5, 5.41) is 4.23. The van der Waals surface area contributed by atoms with E-state index in [1.54, 1.807) is 58.1 Å². The van der Waals surface area contributed by atoms with Gasteiger partial charge >= 0.3 is 0 Å².